The third kappa shape index (κ3) is 1.70. The monoisotopic (exact) mass is 232 g/mol. The summed E-state index contributed by atoms with van der Waals surface area (Å²) in [4.78, 5) is 11.7. The number of nitrogens with two attached hydrogens (primary N) is 1. The minimum absolute atomic E-state index is 0.0194. The number of methoxy groups -OCH3 is 1. The van der Waals surface area contributed by atoms with Crippen LogP contribution < -0.4 is 10.5 Å². The van der Waals surface area contributed by atoms with Gasteiger partial charge < -0.3 is 15.0 Å². The van der Waals surface area contributed by atoms with Crippen LogP contribution in [0.2, 0.25) is 0 Å². The van der Waals surface area contributed by atoms with Crippen LogP contribution in [-0.2, 0) is 7.05 Å². The number of carbonyl (C=O) groups excluding carboxylic acids is 1. The van der Waals surface area contributed by atoms with E-state index in [9.17, 15) is 4.79 Å². The summed E-state index contributed by atoms with van der Waals surface area (Å²) in [5.74, 6) is 0.703. The molecule has 0 radical (unpaired) electrons. The van der Waals surface area contributed by atoms with E-state index >= 15 is 0 Å². The van der Waals surface area contributed by atoms with Crippen LogP contribution >= 0.6 is 0 Å². The Morgan fingerprint density at radius 2 is 2.18 bits per heavy atom. The maximum absolute atomic E-state index is 11.7. The highest BCUT2D eigenvalue weighted by Gasteiger charge is 2.16. The molecule has 17 heavy (non-hydrogen) atoms. The Hall–Kier alpha value is -1.81. The Balaban J connectivity index is 2.81. The lowest BCUT2D eigenvalue weighted by molar-refractivity contribution is 0.0994. The summed E-state index contributed by atoms with van der Waals surface area (Å²) >= 11 is 0. The van der Waals surface area contributed by atoms with Gasteiger partial charge in [-0.1, -0.05) is 6.07 Å². The topological polar surface area (TPSA) is 57.2 Å². The van der Waals surface area contributed by atoms with Gasteiger partial charge in [0, 0.05) is 12.4 Å². The molecule has 0 spiro atoms. The van der Waals surface area contributed by atoms with Crippen LogP contribution in [-0.4, -0.2) is 24.0 Å². The van der Waals surface area contributed by atoms with Crippen LogP contribution in [0.1, 0.15) is 16.1 Å². The fraction of sp³-hybridized carbons (Fsp3) is 0.308. The lowest BCUT2D eigenvalue weighted by Crippen LogP contribution is -2.16. The molecule has 2 aromatic rings. The van der Waals surface area contributed by atoms with E-state index in [1.54, 1.807) is 7.11 Å². The van der Waals surface area contributed by atoms with Crippen molar-refractivity contribution in [1.29, 1.82) is 0 Å². The van der Waals surface area contributed by atoms with Gasteiger partial charge in [-0.2, -0.15) is 0 Å². The van der Waals surface area contributed by atoms with Gasteiger partial charge in [0.2, 0.25) is 0 Å². The van der Waals surface area contributed by atoms with Crippen molar-refractivity contribution in [2.24, 2.45) is 12.8 Å². The predicted molar refractivity (Wildman–Crippen MR) is 67.6 cm³/mol. The minimum atomic E-state index is -0.0647. The van der Waals surface area contributed by atoms with E-state index in [-0.39, 0.29) is 12.3 Å². The Morgan fingerprint density at radius 3 is 2.76 bits per heavy atom. The molecule has 0 aliphatic carbocycles. The zero-order valence-corrected chi connectivity index (χ0v) is 10.3. The predicted octanol–water partition coefficient (Wildman–Crippen LogP) is 1.64. The molecule has 1 aromatic heterocycles. The first-order chi connectivity index (χ1) is 8.10. The molecule has 2 N–H and O–H groups in total. The molecule has 0 aliphatic heterocycles. The number of rotatable bonds is 3. The summed E-state index contributed by atoms with van der Waals surface area (Å²) in [7, 11) is 3.48. The molecule has 0 saturated carbocycles. The normalized spacial score (nSPS) is 10.8. The number of fused-ring (bicyclic) bond motifs is 1. The van der Waals surface area contributed by atoms with Gasteiger partial charge in [-0.25, -0.2) is 0 Å². The molecule has 0 unspecified atom stereocenters. The number of hydrogen-bond donors (Lipinski definition) is 1. The molecular weight excluding hydrogens is 216 g/mol. The number of ether oxygens (including phenoxy) is 1. The molecule has 2 rings (SSSR count). The molecule has 0 saturated heterocycles. The van der Waals surface area contributed by atoms with Crippen LogP contribution in [0.15, 0.2) is 18.2 Å². The highest BCUT2D eigenvalue weighted by atomic mass is 16.5. The first-order valence-corrected chi connectivity index (χ1v) is 5.46. The van der Waals surface area contributed by atoms with Gasteiger partial charge in [0.15, 0.2) is 5.78 Å². The Kier molecular flexibility index (Phi) is 2.90. The summed E-state index contributed by atoms with van der Waals surface area (Å²) in [6.45, 7) is 2.03. The van der Waals surface area contributed by atoms with E-state index in [2.05, 4.69) is 0 Å². The molecule has 4 heteroatoms. The molecule has 0 aliphatic rings. The molecule has 90 valence electrons. The van der Waals surface area contributed by atoms with Gasteiger partial charge in [0.25, 0.3) is 0 Å². The van der Waals surface area contributed by atoms with Crippen molar-refractivity contribution >= 4 is 16.7 Å². The van der Waals surface area contributed by atoms with Gasteiger partial charge in [0.1, 0.15) is 5.75 Å². The number of carbonyl (C=O) groups is 1. The van der Waals surface area contributed by atoms with Gasteiger partial charge in [-0.3, -0.25) is 4.79 Å². The van der Waals surface area contributed by atoms with Crippen LogP contribution in [0.25, 0.3) is 10.9 Å². The maximum atomic E-state index is 11.7. The second-order valence-electron chi connectivity index (χ2n) is 4.06. The number of Topliss-reactive ketones (excluding diaryl/α,β-unsaturated/α-hetero) is 1. The average molecular weight is 232 g/mol. The minimum Gasteiger partial charge on any atom is -0.495 e. The Bertz CT molecular complexity index is 585. The van der Waals surface area contributed by atoms with Crippen molar-refractivity contribution in [3.05, 3.63) is 29.5 Å². The highest BCUT2D eigenvalue weighted by molar-refractivity contribution is 6.03. The summed E-state index contributed by atoms with van der Waals surface area (Å²) in [5.41, 5.74) is 8.08. The van der Waals surface area contributed by atoms with E-state index < -0.39 is 0 Å². The van der Waals surface area contributed by atoms with Crippen molar-refractivity contribution in [1.82, 2.24) is 4.57 Å². The van der Waals surface area contributed by atoms with Crippen molar-refractivity contribution < 1.29 is 9.53 Å². The average Bonchev–Trinajstić information content (AvgIpc) is 2.69. The number of aromatic nitrogens is 1. The largest absolute Gasteiger partial charge is 0.495 e. The smallest absolute Gasteiger partial charge is 0.192 e. The highest BCUT2D eigenvalue weighted by Crippen LogP contribution is 2.30. The lowest BCUT2D eigenvalue weighted by Gasteiger charge is -2.07. The second-order valence-corrected chi connectivity index (χ2v) is 4.06. The summed E-state index contributed by atoms with van der Waals surface area (Å²) in [6.07, 6.45) is 0. The number of ketones is 1. The number of nitrogens with zero attached hydrogens (tertiary/aromatic N) is 1. The van der Waals surface area contributed by atoms with Crippen molar-refractivity contribution in [3.63, 3.8) is 0 Å². The van der Waals surface area contributed by atoms with Crippen molar-refractivity contribution in [2.75, 3.05) is 13.7 Å². The van der Waals surface area contributed by atoms with Gasteiger partial charge in [-0.15, -0.1) is 0 Å². The van der Waals surface area contributed by atoms with Crippen LogP contribution in [0.3, 0.4) is 0 Å². The maximum Gasteiger partial charge on any atom is 0.192 e. The second kappa shape index (κ2) is 4.22. The van der Waals surface area contributed by atoms with Crippen molar-refractivity contribution in [3.8, 4) is 5.75 Å². The Morgan fingerprint density at radius 1 is 1.47 bits per heavy atom. The van der Waals surface area contributed by atoms with E-state index in [0.29, 0.717) is 5.69 Å². The summed E-state index contributed by atoms with van der Waals surface area (Å²) < 4.78 is 7.17. The molecule has 0 bridgehead atoms. The molecule has 0 atom stereocenters. The summed E-state index contributed by atoms with van der Waals surface area (Å²) in [5, 5.41) is 1.03. The van der Waals surface area contributed by atoms with E-state index in [0.717, 1.165) is 22.2 Å². The first kappa shape index (κ1) is 11.7. The quantitative estimate of drug-likeness (QED) is 0.818. The summed E-state index contributed by atoms with van der Waals surface area (Å²) in [6, 6.07) is 5.77. The van der Waals surface area contributed by atoms with Crippen LogP contribution in [0.5, 0.6) is 5.75 Å². The SMILES string of the molecule is COc1ccc(C)c2cc(C(=O)CN)n(C)c12. The molecular formula is C13H16N2O2. The van der Waals surface area contributed by atoms with E-state index in [1.165, 1.54) is 0 Å². The zero-order chi connectivity index (χ0) is 12.6. The van der Waals surface area contributed by atoms with Gasteiger partial charge in [-0.05, 0) is 24.6 Å². The van der Waals surface area contributed by atoms with Crippen molar-refractivity contribution in [2.45, 2.75) is 6.92 Å². The van der Waals surface area contributed by atoms with Gasteiger partial charge >= 0.3 is 0 Å². The fourth-order valence-electron chi connectivity index (χ4n) is 2.11. The Labute approximate surface area is 100.0 Å². The first-order valence-electron chi connectivity index (χ1n) is 5.46. The number of hydrogen-bond acceptors (Lipinski definition) is 3. The zero-order valence-electron chi connectivity index (χ0n) is 10.3. The molecule has 0 fully saturated rings. The fourth-order valence-corrected chi connectivity index (χ4v) is 2.11. The molecule has 4 nitrogen and oxygen atoms in total. The van der Waals surface area contributed by atoms with E-state index in [4.69, 9.17) is 10.5 Å². The molecule has 1 aromatic carbocycles. The van der Waals surface area contributed by atoms with Crippen LogP contribution in [0, 0.1) is 6.92 Å². The third-order valence-electron chi connectivity index (χ3n) is 3.07. The van der Waals surface area contributed by atoms with E-state index in [1.807, 2.05) is 36.7 Å². The molecule has 0 amide bonds. The lowest BCUT2D eigenvalue weighted by atomic mass is 10.1. The number of benzene rings is 1. The standard InChI is InChI=1S/C13H16N2O2/c1-8-4-5-12(17-3)13-9(8)6-10(15(13)2)11(16)7-14/h4-6H,7,14H2,1-3H3. The number of aryl methyl sites for hydroxylation is 2. The third-order valence-corrected chi connectivity index (χ3v) is 3.07. The van der Waals surface area contributed by atoms with Gasteiger partial charge in [0.05, 0.1) is 24.9 Å². The molecule has 1 heterocycles. The van der Waals surface area contributed by atoms with Crippen LogP contribution in [0.4, 0.5) is 0 Å².